The van der Waals surface area contributed by atoms with Gasteiger partial charge in [-0.15, -0.1) is 12.4 Å². The first-order valence-corrected chi connectivity index (χ1v) is 6.02. The fourth-order valence-electron chi connectivity index (χ4n) is 2.17. The minimum Gasteiger partial charge on any atom is -0.337 e. The Labute approximate surface area is 117 Å². The normalized spacial score (nSPS) is 18.9. The highest BCUT2D eigenvalue weighted by molar-refractivity contribution is 5.85. The van der Waals surface area contributed by atoms with Crippen molar-refractivity contribution < 1.29 is 13.6 Å². The number of hydrogen-bond donors (Lipinski definition) is 1. The lowest BCUT2D eigenvalue weighted by molar-refractivity contribution is -0.133. The SMILES string of the molecule is C[C@@H]1CNCCN1C(=O)Cc1c(F)cccc1F.Cl. The Hall–Kier alpha value is -1.20. The number of carbonyl (C=O) groups excluding carboxylic acids is 1. The zero-order chi connectivity index (χ0) is 13.1. The van der Waals surface area contributed by atoms with E-state index < -0.39 is 11.6 Å². The number of nitrogens with zero attached hydrogens (tertiary/aromatic N) is 1. The van der Waals surface area contributed by atoms with E-state index in [1.165, 1.54) is 18.2 Å². The van der Waals surface area contributed by atoms with Gasteiger partial charge < -0.3 is 10.2 Å². The molecule has 1 aromatic rings. The van der Waals surface area contributed by atoms with Crippen molar-refractivity contribution in [2.75, 3.05) is 19.6 Å². The summed E-state index contributed by atoms with van der Waals surface area (Å²) in [4.78, 5) is 13.7. The average Bonchev–Trinajstić information content (AvgIpc) is 2.34. The number of carbonyl (C=O) groups is 1. The van der Waals surface area contributed by atoms with Crippen molar-refractivity contribution in [2.24, 2.45) is 0 Å². The van der Waals surface area contributed by atoms with Crippen LogP contribution < -0.4 is 5.32 Å². The predicted molar refractivity (Wildman–Crippen MR) is 71.4 cm³/mol. The standard InChI is InChI=1S/C13H16F2N2O.ClH/c1-9-8-16-5-6-17(9)13(18)7-10-11(14)3-2-4-12(10)15;/h2-4,9,16H,5-8H2,1H3;1H/t9-;/m1./s1. The monoisotopic (exact) mass is 290 g/mol. The Morgan fingerprint density at radius 3 is 2.63 bits per heavy atom. The Bertz CT molecular complexity index is 436. The Morgan fingerprint density at radius 2 is 2.05 bits per heavy atom. The molecule has 1 atom stereocenters. The maximum absolute atomic E-state index is 13.5. The van der Waals surface area contributed by atoms with Crippen LogP contribution in [0, 0.1) is 11.6 Å². The summed E-state index contributed by atoms with van der Waals surface area (Å²) >= 11 is 0. The summed E-state index contributed by atoms with van der Waals surface area (Å²) in [5.74, 6) is -1.55. The van der Waals surface area contributed by atoms with Gasteiger partial charge in [0.25, 0.3) is 0 Å². The molecular weight excluding hydrogens is 274 g/mol. The maximum Gasteiger partial charge on any atom is 0.227 e. The van der Waals surface area contributed by atoms with Gasteiger partial charge in [0.05, 0.1) is 6.42 Å². The molecule has 0 saturated carbocycles. The smallest absolute Gasteiger partial charge is 0.227 e. The van der Waals surface area contributed by atoms with Gasteiger partial charge in [0, 0.05) is 31.2 Å². The molecule has 1 heterocycles. The second-order valence-corrected chi connectivity index (χ2v) is 4.52. The van der Waals surface area contributed by atoms with Crippen molar-refractivity contribution in [3.8, 4) is 0 Å². The van der Waals surface area contributed by atoms with Crippen LogP contribution in [0.15, 0.2) is 18.2 Å². The van der Waals surface area contributed by atoms with Crippen molar-refractivity contribution in [2.45, 2.75) is 19.4 Å². The third-order valence-corrected chi connectivity index (χ3v) is 3.21. The van der Waals surface area contributed by atoms with Gasteiger partial charge >= 0.3 is 0 Å². The zero-order valence-corrected chi connectivity index (χ0v) is 11.5. The van der Waals surface area contributed by atoms with E-state index in [4.69, 9.17) is 0 Å². The number of amides is 1. The number of halogens is 3. The molecule has 0 aliphatic carbocycles. The van der Waals surface area contributed by atoms with Crippen LogP contribution in [0.4, 0.5) is 8.78 Å². The van der Waals surface area contributed by atoms with Gasteiger partial charge in [0.2, 0.25) is 5.91 Å². The van der Waals surface area contributed by atoms with Crippen molar-refractivity contribution in [1.29, 1.82) is 0 Å². The van der Waals surface area contributed by atoms with Crippen molar-refractivity contribution >= 4 is 18.3 Å². The lowest BCUT2D eigenvalue weighted by atomic mass is 10.1. The van der Waals surface area contributed by atoms with Crippen LogP contribution in [0.5, 0.6) is 0 Å². The van der Waals surface area contributed by atoms with Crippen LogP contribution in [0.3, 0.4) is 0 Å². The largest absolute Gasteiger partial charge is 0.337 e. The molecule has 1 fully saturated rings. The highest BCUT2D eigenvalue weighted by Crippen LogP contribution is 2.15. The molecule has 0 aromatic heterocycles. The van der Waals surface area contributed by atoms with Gasteiger partial charge in [0.1, 0.15) is 11.6 Å². The second-order valence-electron chi connectivity index (χ2n) is 4.52. The van der Waals surface area contributed by atoms with E-state index in [9.17, 15) is 13.6 Å². The summed E-state index contributed by atoms with van der Waals surface area (Å²) in [5.41, 5.74) is -0.145. The van der Waals surface area contributed by atoms with Crippen LogP contribution in [-0.2, 0) is 11.2 Å². The molecular formula is C13H17ClF2N2O. The molecule has 3 nitrogen and oxygen atoms in total. The van der Waals surface area contributed by atoms with E-state index in [1.807, 2.05) is 6.92 Å². The first-order valence-electron chi connectivity index (χ1n) is 6.02. The first kappa shape index (κ1) is 15.9. The number of piperazine rings is 1. The molecule has 2 rings (SSSR count). The van der Waals surface area contributed by atoms with E-state index in [0.717, 1.165) is 6.54 Å². The van der Waals surface area contributed by atoms with Gasteiger partial charge in [0.15, 0.2) is 0 Å². The Balaban J connectivity index is 0.00000180. The molecule has 106 valence electrons. The van der Waals surface area contributed by atoms with E-state index in [-0.39, 0.29) is 36.3 Å². The quantitative estimate of drug-likeness (QED) is 0.900. The highest BCUT2D eigenvalue weighted by Gasteiger charge is 2.24. The molecule has 0 unspecified atom stereocenters. The third-order valence-electron chi connectivity index (χ3n) is 3.21. The van der Waals surface area contributed by atoms with Gasteiger partial charge in [-0.3, -0.25) is 4.79 Å². The molecule has 6 heteroatoms. The summed E-state index contributed by atoms with van der Waals surface area (Å²) < 4.78 is 26.9. The van der Waals surface area contributed by atoms with Crippen molar-refractivity contribution in [1.82, 2.24) is 10.2 Å². The Kier molecular flexibility index (Phi) is 5.69. The van der Waals surface area contributed by atoms with Gasteiger partial charge in [-0.25, -0.2) is 8.78 Å². The molecule has 1 aliphatic rings. The van der Waals surface area contributed by atoms with E-state index in [0.29, 0.717) is 13.1 Å². The number of nitrogens with one attached hydrogen (secondary N) is 1. The molecule has 0 spiro atoms. The van der Waals surface area contributed by atoms with E-state index in [2.05, 4.69) is 5.32 Å². The Morgan fingerprint density at radius 1 is 1.42 bits per heavy atom. The lowest BCUT2D eigenvalue weighted by Gasteiger charge is -2.34. The van der Waals surface area contributed by atoms with Gasteiger partial charge in [-0.2, -0.15) is 0 Å². The van der Waals surface area contributed by atoms with Crippen LogP contribution in [-0.4, -0.2) is 36.5 Å². The fourth-order valence-corrected chi connectivity index (χ4v) is 2.17. The second kappa shape index (κ2) is 6.82. The maximum atomic E-state index is 13.5. The molecule has 0 bridgehead atoms. The summed E-state index contributed by atoms with van der Waals surface area (Å²) in [6, 6.07) is 3.70. The molecule has 1 amide bonds. The molecule has 19 heavy (non-hydrogen) atoms. The minimum absolute atomic E-state index is 0. The van der Waals surface area contributed by atoms with Gasteiger partial charge in [-0.05, 0) is 19.1 Å². The summed E-state index contributed by atoms with van der Waals surface area (Å²) in [5, 5.41) is 3.16. The van der Waals surface area contributed by atoms with Crippen LogP contribution >= 0.6 is 12.4 Å². The minimum atomic E-state index is -0.661. The van der Waals surface area contributed by atoms with E-state index in [1.54, 1.807) is 4.90 Å². The number of rotatable bonds is 2. The van der Waals surface area contributed by atoms with Crippen molar-refractivity contribution in [3.05, 3.63) is 35.4 Å². The predicted octanol–water partition coefficient (Wildman–Crippen LogP) is 1.75. The zero-order valence-electron chi connectivity index (χ0n) is 10.7. The van der Waals surface area contributed by atoms with E-state index >= 15 is 0 Å². The van der Waals surface area contributed by atoms with Crippen molar-refractivity contribution in [3.63, 3.8) is 0 Å². The fraction of sp³-hybridized carbons (Fsp3) is 0.462. The molecule has 1 saturated heterocycles. The van der Waals surface area contributed by atoms with Crippen LogP contribution in [0.1, 0.15) is 12.5 Å². The molecule has 1 aromatic carbocycles. The third kappa shape index (κ3) is 3.64. The molecule has 1 aliphatic heterocycles. The van der Waals surface area contributed by atoms with Gasteiger partial charge in [-0.1, -0.05) is 6.07 Å². The number of hydrogen-bond acceptors (Lipinski definition) is 2. The summed E-state index contributed by atoms with van der Waals surface area (Å²) in [6.45, 7) is 3.93. The first-order chi connectivity index (χ1) is 8.59. The summed E-state index contributed by atoms with van der Waals surface area (Å²) in [7, 11) is 0. The molecule has 1 N–H and O–H groups in total. The lowest BCUT2D eigenvalue weighted by Crippen LogP contribution is -2.52. The topological polar surface area (TPSA) is 32.3 Å². The van der Waals surface area contributed by atoms with Crippen LogP contribution in [0.2, 0.25) is 0 Å². The number of benzene rings is 1. The molecule has 0 radical (unpaired) electrons. The summed E-state index contributed by atoms with van der Waals surface area (Å²) in [6.07, 6.45) is -0.219. The highest BCUT2D eigenvalue weighted by atomic mass is 35.5. The average molecular weight is 291 g/mol. The van der Waals surface area contributed by atoms with Crippen LogP contribution in [0.25, 0.3) is 0 Å².